The van der Waals surface area contributed by atoms with Crippen molar-refractivity contribution in [2.24, 2.45) is 0 Å². The van der Waals surface area contributed by atoms with Crippen LogP contribution in [-0.2, 0) is 0 Å². The largest absolute Gasteiger partial charge is 0.153 e. The van der Waals surface area contributed by atoms with E-state index in [0.29, 0.717) is 5.92 Å². The van der Waals surface area contributed by atoms with E-state index >= 15 is 0 Å². The Morgan fingerprint density at radius 3 is 1.44 bits per heavy atom. The minimum Gasteiger partial charge on any atom is -0.153 e. The van der Waals surface area contributed by atoms with Crippen molar-refractivity contribution in [1.29, 1.82) is 0 Å². The van der Waals surface area contributed by atoms with Gasteiger partial charge in [0.1, 0.15) is 0 Å². The predicted molar refractivity (Wildman–Crippen MR) is 76.1 cm³/mol. The van der Waals surface area contributed by atoms with Gasteiger partial charge in [-0.25, -0.2) is 0 Å². The lowest BCUT2D eigenvalue weighted by atomic mass is 9.89. The fourth-order valence-corrected chi connectivity index (χ4v) is 2.03. The summed E-state index contributed by atoms with van der Waals surface area (Å²) in [6, 6.07) is 21.4. The maximum Gasteiger partial charge on any atom is 0.00867 e. The molecule has 0 aliphatic rings. The zero-order valence-electron chi connectivity index (χ0n) is 9.77. The lowest BCUT2D eigenvalue weighted by molar-refractivity contribution is 0.777. The quantitative estimate of drug-likeness (QED) is 0.690. The van der Waals surface area contributed by atoms with Gasteiger partial charge in [-0.05, 0) is 17.5 Å². The molecule has 84 valence electrons. The lowest BCUT2D eigenvalue weighted by Gasteiger charge is -2.15. The van der Waals surface area contributed by atoms with Crippen LogP contribution >= 0.6 is 9.90 Å². The van der Waals surface area contributed by atoms with Crippen molar-refractivity contribution in [1.82, 2.24) is 0 Å². The minimum atomic E-state index is 0. The molecule has 0 amide bonds. The molecule has 1 atom stereocenters. The molecule has 0 heterocycles. The van der Waals surface area contributed by atoms with Crippen LogP contribution in [0.4, 0.5) is 0 Å². The highest BCUT2D eigenvalue weighted by molar-refractivity contribution is 6.92. The molecule has 0 spiro atoms. The third-order valence-corrected chi connectivity index (χ3v) is 2.81. The zero-order valence-corrected chi connectivity index (χ0v) is 11.2. The molecular weight excluding hydrogens is 211 g/mol. The molecule has 0 radical (unpaired) electrons. The topological polar surface area (TPSA) is 0 Å². The molecule has 1 unspecified atom stereocenters. The average molecular weight is 230 g/mol. The Bertz CT molecular complexity index is 355. The second-order valence-corrected chi connectivity index (χ2v) is 3.78. The molecule has 1 heteroatoms. The maximum atomic E-state index is 2.24. The first-order valence-electron chi connectivity index (χ1n) is 5.51. The average Bonchev–Trinajstić information content (AvgIpc) is 2.33. The van der Waals surface area contributed by atoms with Gasteiger partial charge in [-0.15, -0.1) is 0 Å². The highest BCUT2D eigenvalue weighted by Crippen LogP contribution is 2.26. The standard InChI is InChI=1S/C15H16.H3P/c1-2-15(13-9-5-3-6-10-13)14-11-7-4-8-12-14;/h3-12,15H,2H2,1H3;1H3. The van der Waals surface area contributed by atoms with Crippen molar-refractivity contribution in [3.63, 3.8) is 0 Å². The van der Waals surface area contributed by atoms with Crippen LogP contribution in [0.2, 0.25) is 0 Å². The van der Waals surface area contributed by atoms with E-state index in [4.69, 9.17) is 0 Å². The van der Waals surface area contributed by atoms with E-state index in [1.165, 1.54) is 11.1 Å². The monoisotopic (exact) mass is 230 g/mol. The van der Waals surface area contributed by atoms with E-state index in [0.717, 1.165) is 6.42 Å². The highest BCUT2D eigenvalue weighted by atomic mass is 31.0. The summed E-state index contributed by atoms with van der Waals surface area (Å²) >= 11 is 0. The van der Waals surface area contributed by atoms with E-state index in [2.05, 4.69) is 67.6 Å². The molecule has 0 aromatic heterocycles. The van der Waals surface area contributed by atoms with Crippen LogP contribution in [0.15, 0.2) is 60.7 Å². The van der Waals surface area contributed by atoms with Crippen molar-refractivity contribution in [3.8, 4) is 0 Å². The Kier molecular flexibility index (Phi) is 5.22. The molecule has 0 saturated heterocycles. The lowest BCUT2D eigenvalue weighted by Crippen LogP contribution is -1.98. The molecule has 16 heavy (non-hydrogen) atoms. The Hall–Kier alpha value is -1.13. The summed E-state index contributed by atoms with van der Waals surface area (Å²) in [6.45, 7) is 2.24. The molecule has 2 rings (SSSR count). The molecule has 2 aromatic carbocycles. The van der Waals surface area contributed by atoms with Crippen molar-refractivity contribution in [3.05, 3.63) is 71.8 Å². The van der Waals surface area contributed by atoms with Crippen molar-refractivity contribution < 1.29 is 0 Å². The van der Waals surface area contributed by atoms with Gasteiger partial charge in [-0.2, -0.15) is 9.90 Å². The molecule has 0 N–H and O–H groups in total. The van der Waals surface area contributed by atoms with E-state index in [-0.39, 0.29) is 9.90 Å². The van der Waals surface area contributed by atoms with Gasteiger partial charge in [0, 0.05) is 5.92 Å². The normalized spacial score (nSPS) is 9.88. The van der Waals surface area contributed by atoms with Crippen molar-refractivity contribution >= 4 is 9.90 Å². The number of hydrogen-bond donors (Lipinski definition) is 0. The highest BCUT2D eigenvalue weighted by Gasteiger charge is 2.10. The first kappa shape index (κ1) is 12.9. The molecule has 2 aromatic rings. The molecular formula is C15H19P. The Morgan fingerprint density at radius 1 is 0.750 bits per heavy atom. The minimum absolute atomic E-state index is 0. The predicted octanol–water partition coefficient (Wildman–Crippen LogP) is 4.29. The van der Waals surface area contributed by atoms with Gasteiger partial charge in [-0.3, -0.25) is 0 Å². The first-order chi connectivity index (χ1) is 7.42. The second kappa shape index (κ2) is 6.45. The fourth-order valence-electron chi connectivity index (χ4n) is 2.03. The van der Waals surface area contributed by atoms with Crippen LogP contribution in [0, 0.1) is 0 Å². The summed E-state index contributed by atoms with van der Waals surface area (Å²) in [5.41, 5.74) is 2.82. The zero-order chi connectivity index (χ0) is 10.5. The second-order valence-electron chi connectivity index (χ2n) is 3.78. The van der Waals surface area contributed by atoms with E-state index < -0.39 is 0 Å². The molecule has 0 aliphatic carbocycles. The van der Waals surface area contributed by atoms with Gasteiger partial charge >= 0.3 is 0 Å². The Balaban J connectivity index is 0.00000128. The number of rotatable bonds is 3. The van der Waals surface area contributed by atoms with Gasteiger partial charge in [-0.1, -0.05) is 67.6 Å². The number of benzene rings is 2. The summed E-state index contributed by atoms with van der Waals surface area (Å²) in [4.78, 5) is 0. The summed E-state index contributed by atoms with van der Waals surface area (Å²) in [7, 11) is 0. The molecule has 0 saturated carbocycles. The van der Waals surface area contributed by atoms with Crippen LogP contribution in [0.25, 0.3) is 0 Å². The summed E-state index contributed by atoms with van der Waals surface area (Å²) in [6.07, 6.45) is 1.15. The van der Waals surface area contributed by atoms with Gasteiger partial charge in [0.05, 0.1) is 0 Å². The Morgan fingerprint density at radius 2 is 1.12 bits per heavy atom. The van der Waals surface area contributed by atoms with Gasteiger partial charge in [0.25, 0.3) is 0 Å². The van der Waals surface area contributed by atoms with Crippen LogP contribution < -0.4 is 0 Å². The van der Waals surface area contributed by atoms with Crippen LogP contribution in [0.5, 0.6) is 0 Å². The molecule has 0 nitrogen and oxygen atoms in total. The summed E-state index contributed by atoms with van der Waals surface area (Å²) in [5.74, 6) is 0.535. The van der Waals surface area contributed by atoms with Crippen LogP contribution in [-0.4, -0.2) is 0 Å². The SMILES string of the molecule is CCC(c1ccccc1)c1ccccc1.P. The van der Waals surface area contributed by atoms with Gasteiger partial charge < -0.3 is 0 Å². The summed E-state index contributed by atoms with van der Waals surface area (Å²) < 4.78 is 0. The van der Waals surface area contributed by atoms with Gasteiger partial charge in [0.15, 0.2) is 0 Å². The van der Waals surface area contributed by atoms with E-state index in [1.807, 2.05) is 0 Å². The molecule has 0 fully saturated rings. The van der Waals surface area contributed by atoms with Gasteiger partial charge in [0.2, 0.25) is 0 Å². The van der Waals surface area contributed by atoms with Crippen LogP contribution in [0.3, 0.4) is 0 Å². The van der Waals surface area contributed by atoms with Crippen LogP contribution in [0.1, 0.15) is 30.4 Å². The fraction of sp³-hybridized carbons (Fsp3) is 0.200. The summed E-state index contributed by atoms with van der Waals surface area (Å²) in [5, 5.41) is 0. The smallest absolute Gasteiger partial charge is 0.00867 e. The van der Waals surface area contributed by atoms with Crippen molar-refractivity contribution in [2.75, 3.05) is 0 Å². The molecule has 0 bridgehead atoms. The van der Waals surface area contributed by atoms with Crippen molar-refractivity contribution in [2.45, 2.75) is 19.3 Å². The van der Waals surface area contributed by atoms with E-state index in [9.17, 15) is 0 Å². The third-order valence-electron chi connectivity index (χ3n) is 2.81. The first-order valence-corrected chi connectivity index (χ1v) is 5.51. The number of hydrogen-bond acceptors (Lipinski definition) is 0. The third kappa shape index (κ3) is 2.93. The molecule has 0 aliphatic heterocycles. The maximum absolute atomic E-state index is 2.24. The van der Waals surface area contributed by atoms with E-state index in [1.54, 1.807) is 0 Å². The Labute approximate surface area is 101 Å².